The number of aromatic nitrogens is 2. The van der Waals surface area contributed by atoms with Gasteiger partial charge in [0, 0.05) is 32.0 Å². The Labute approximate surface area is 130 Å². The van der Waals surface area contributed by atoms with Gasteiger partial charge in [-0.3, -0.25) is 4.79 Å². The van der Waals surface area contributed by atoms with Crippen molar-refractivity contribution >= 4 is 15.9 Å². The average molecular weight is 330 g/mol. The number of nitrogens with zero attached hydrogens (tertiary/aromatic N) is 3. The minimum absolute atomic E-state index is 0.0409. The maximum atomic E-state index is 12.3. The van der Waals surface area contributed by atoms with Crippen LogP contribution in [0, 0.1) is 0 Å². The lowest BCUT2D eigenvalue weighted by Crippen LogP contribution is -2.59. The molecule has 0 aromatic carbocycles. The van der Waals surface area contributed by atoms with Gasteiger partial charge in [0.1, 0.15) is 0 Å². The second-order valence-electron chi connectivity index (χ2n) is 5.59. The van der Waals surface area contributed by atoms with Crippen LogP contribution in [-0.2, 0) is 26.1 Å². The number of hydrogen-bond acceptors (Lipinski definition) is 5. The number of ether oxygens (including phenoxy) is 1. The molecular weight excluding hydrogens is 308 g/mol. The molecule has 2 heterocycles. The van der Waals surface area contributed by atoms with Gasteiger partial charge in [0.05, 0.1) is 25.7 Å². The van der Waals surface area contributed by atoms with Crippen molar-refractivity contribution in [2.24, 2.45) is 0 Å². The number of aryl methyl sites for hydroxylation is 1. The van der Waals surface area contributed by atoms with Crippen molar-refractivity contribution in [2.75, 3.05) is 32.5 Å². The summed E-state index contributed by atoms with van der Waals surface area (Å²) in [5, 5.41) is 2.81. The fourth-order valence-corrected chi connectivity index (χ4v) is 3.21. The van der Waals surface area contributed by atoms with E-state index in [1.807, 2.05) is 10.8 Å². The van der Waals surface area contributed by atoms with Gasteiger partial charge in [-0.25, -0.2) is 13.4 Å². The molecule has 0 unspecified atom stereocenters. The van der Waals surface area contributed by atoms with E-state index < -0.39 is 15.6 Å². The Kier molecular flexibility index (Phi) is 5.20. The molecule has 1 aromatic rings. The molecule has 124 valence electrons. The predicted octanol–water partition coefficient (Wildman–Crippen LogP) is -0.560. The van der Waals surface area contributed by atoms with Crippen LogP contribution in [0.4, 0.5) is 0 Å². The molecule has 1 aromatic heterocycles. The summed E-state index contributed by atoms with van der Waals surface area (Å²) >= 11 is 0. The van der Waals surface area contributed by atoms with Crippen molar-refractivity contribution in [2.45, 2.75) is 25.5 Å². The summed E-state index contributed by atoms with van der Waals surface area (Å²) in [5.74, 6) is -0.286. The van der Waals surface area contributed by atoms with Crippen LogP contribution in [0.1, 0.15) is 13.3 Å². The first-order valence-electron chi connectivity index (χ1n) is 7.14. The van der Waals surface area contributed by atoms with Crippen molar-refractivity contribution in [1.29, 1.82) is 0 Å². The zero-order valence-electron chi connectivity index (χ0n) is 12.9. The third-order valence-electron chi connectivity index (χ3n) is 3.63. The SMILES string of the molecule is C[C@@]1(C(=O)NCCCn2ccnc2)CN(S(C)(=O)=O)CCO1. The molecule has 22 heavy (non-hydrogen) atoms. The normalized spacial score (nSPS) is 23.4. The number of rotatable bonds is 6. The van der Waals surface area contributed by atoms with Crippen LogP contribution in [-0.4, -0.2) is 66.3 Å². The average Bonchev–Trinajstić information content (AvgIpc) is 2.95. The van der Waals surface area contributed by atoms with Gasteiger partial charge in [-0.2, -0.15) is 4.31 Å². The Balaban J connectivity index is 1.82. The van der Waals surface area contributed by atoms with Crippen molar-refractivity contribution in [3.8, 4) is 0 Å². The van der Waals surface area contributed by atoms with E-state index in [4.69, 9.17) is 4.74 Å². The molecule has 0 spiro atoms. The van der Waals surface area contributed by atoms with E-state index >= 15 is 0 Å². The van der Waals surface area contributed by atoms with Crippen LogP contribution in [0.5, 0.6) is 0 Å². The highest BCUT2D eigenvalue weighted by Gasteiger charge is 2.41. The smallest absolute Gasteiger partial charge is 0.253 e. The molecule has 9 heteroatoms. The molecule has 0 saturated carbocycles. The molecule has 2 rings (SSSR count). The predicted molar refractivity (Wildman–Crippen MR) is 80.6 cm³/mol. The first-order chi connectivity index (χ1) is 10.3. The summed E-state index contributed by atoms with van der Waals surface area (Å²) in [6.45, 7) is 3.41. The largest absolute Gasteiger partial charge is 0.363 e. The highest BCUT2D eigenvalue weighted by atomic mass is 32.2. The molecule has 8 nitrogen and oxygen atoms in total. The van der Waals surface area contributed by atoms with Crippen LogP contribution in [0.15, 0.2) is 18.7 Å². The van der Waals surface area contributed by atoms with Crippen LogP contribution < -0.4 is 5.32 Å². The summed E-state index contributed by atoms with van der Waals surface area (Å²) in [5.41, 5.74) is -1.14. The lowest BCUT2D eigenvalue weighted by molar-refractivity contribution is -0.152. The van der Waals surface area contributed by atoms with Gasteiger partial charge in [-0.1, -0.05) is 0 Å². The number of sulfonamides is 1. The fourth-order valence-electron chi connectivity index (χ4n) is 2.32. The summed E-state index contributed by atoms with van der Waals surface area (Å²) < 4.78 is 32.0. The van der Waals surface area contributed by atoms with Gasteiger partial charge in [-0.05, 0) is 13.3 Å². The molecule has 1 amide bonds. The van der Waals surface area contributed by atoms with Gasteiger partial charge in [0.15, 0.2) is 5.60 Å². The number of carbonyl (C=O) groups excluding carboxylic acids is 1. The quantitative estimate of drug-likeness (QED) is 0.706. The Morgan fingerprint density at radius 1 is 1.50 bits per heavy atom. The van der Waals surface area contributed by atoms with Gasteiger partial charge in [0.25, 0.3) is 5.91 Å². The van der Waals surface area contributed by atoms with E-state index in [0.29, 0.717) is 6.54 Å². The number of carbonyl (C=O) groups is 1. The third-order valence-corrected chi connectivity index (χ3v) is 4.88. The van der Waals surface area contributed by atoms with Crippen molar-refractivity contribution in [3.05, 3.63) is 18.7 Å². The van der Waals surface area contributed by atoms with E-state index in [-0.39, 0.29) is 25.6 Å². The highest BCUT2D eigenvalue weighted by Crippen LogP contribution is 2.19. The maximum Gasteiger partial charge on any atom is 0.253 e. The second-order valence-corrected chi connectivity index (χ2v) is 7.57. The summed E-state index contributed by atoms with van der Waals surface area (Å²) in [6, 6.07) is 0. The highest BCUT2D eigenvalue weighted by molar-refractivity contribution is 7.88. The Morgan fingerprint density at radius 2 is 2.27 bits per heavy atom. The Hall–Kier alpha value is -1.45. The van der Waals surface area contributed by atoms with E-state index in [2.05, 4.69) is 10.3 Å². The first kappa shape index (κ1) is 16.9. The number of morpholine rings is 1. The molecular formula is C13H22N4O4S. The number of nitrogens with one attached hydrogen (secondary N) is 1. The monoisotopic (exact) mass is 330 g/mol. The molecule has 0 radical (unpaired) electrons. The molecule has 1 fully saturated rings. The van der Waals surface area contributed by atoms with E-state index in [0.717, 1.165) is 19.2 Å². The van der Waals surface area contributed by atoms with E-state index in [9.17, 15) is 13.2 Å². The second kappa shape index (κ2) is 6.76. The number of imidazole rings is 1. The lowest BCUT2D eigenvalue weighted by atomic mass is 10.0. The zero-order valence-corrected chi connectivity index (χ0v) is 13.7. The van der Waals surface area contributed by atoms with Crippen LogP contribution >= 0.6 is 0 Å². The summed E-state index contributed by atoms with van der Waals surface area (Å²) in [6.07, 6.45) is 7.18. The molecule has 0 bridgehead atoms. The third kappa shape index (κ3) is 4.28. The van der Waals surface area contributed by atoms with E-state index in [1.165, 1.54) is 4.31 Å². The summed E-state index contributed by atoms with van der Waals surface area (Å²) in [7, 11) is -3.32. The van der Waals surface area contributed by atoms with Crippen LogP contribution in [0.2, 0.25) is 0 Å². The lowest BCUT2D eigenvalue weighted by Gasteiger charge is -2.37. The Morgan fingerprint density at radius 3 is 2.91 bits per heavy atom. The topological polar surface area (TPSA) is 93.5 Å². The summed E-state index contributed by atoms with van der Waals surface area (Å²) in [4.78, 5) is 16.2. The molecule has 1 aliphatic rings. The maximum absolute atomic E-state index is 12.3. The minimum atomic E-state index is -3.32. The molecule has 1 N–H and O–H groups in total. The molecule has 1 saturated heterocycles. The Bertz CT molecular complexity index is 602. The first-order valence-corrected chi connectivity index (χ1v) is 8.99. The van der Waals surface area contributed by atoms with Crippen molar-refractivity contribution < 1.29 is 17.9 Å². The van der Waals surface area contributed by atoms with E-state index in [1.54, 1.807) is 19.4 Å². The molecule has 1 aliphatic heterocycles. The number of hydrogen-bond donors (Lipinski definition) is 1. The minimum Gasteiger partial charge on any atom is -0.363 e. The van der Waals surface area contributed by atoms with Crippen molar-refractivity contribution in [3.63, 3.8) is 0 Å². The van der Waals surface area contributed by atoms with Crippen molar-refractivity contribution in [1.82, 2.24) is 19.2 Å². The van der Waals surface area contributed by atoms with Gasteiger partial charge in [-0.15, -0.1) is 0 Å². The van der Waals surface area contributed by atoms with Gasteiger partial charge in [0.2, 0.25) is 10.0 Å². The van der Waals surface area contributed by atoms with Crippen LogP contribution in [0.25, 0.3) is 0 Å². The molecule has 0 aliphatic carbocycles. The van der Waals surface area contributed by atoms with Gasteiger partial charge < -0.3 is 14.6 Å². The fraction of sp³-hybridized carbons (Fsp3) is 0.692. The molecule has 1 atom stereocenters. The number of amides is 1. The zero-order chi connectivity index (χ0) is 16.2. The van der Waals surface area contributed by atoms with Crippen LogP contribution in [0.3, 0.4) is 0 Å². The standard InChI is InChI=1S/C13H22N4O4S/c1-13(10-17(8-9-21-13)22(2,19)20)12(18)15-4-3-6-16-7-5-14-11-16/h5,7,11H,3-4,6,8-10H2,1-2H3,(H,15,18)/t13-/m0/s1. The van der Waals surface area contributed by atoms with Gasteiger partial charge >= 0.3 is 0 Å².